The molecule has 0 unspecified atom stereocenters. The van der Waals surface area contributed by atoms with E-state index in [2.05, 4.69) is 33.8 Å². The second-order valence-corrected chi connectivity index (χ2v) is 6.56. The van der Waals surface area contributed by atoms with Gasteiger partial charge in [0, 0.05) is 12.6 Å². The Labute approximate surface area is 145 Å². The van der Waals surface area contributed by atoms with Crippen molar-refractivity contribution >= 4 is 11.0 Å². The summed E-state index contributed by atoms with van der Waals surface area (Å²) in [5.74, 6) is 0.649. The summed E-state index contributed by atoms with van der Waals surface area (Å²) in [5, 5.41) is 4.84. The first-order valence-corrected chi connectivity index (χ1v) is 8.50. The zero-order valence-corrected chi connectivity index (χ0v) is 14.3. The Balaban J connectivity index is 1.72. The van der Waals surface area contributed by atoms with Crippen molar-refractivity contribution < 1.29 is 4.74 Å². The lowest BCUT2D eigenvalue weighted by Crippen LogP contribution is -2.47. The first-order chi connectivity index (χ1) is 12.1. The number of hydrogen-bond acceptors (Lipinski definition) is 5. The van der Waals surface area contributed by atoms with Crippen molar-refractivity contribution in [2.45, 2.75) is 32.5 Å². The largest absolute Gasteiger partial charge is 0.376 e. The van der Waals surface area contributed by atoms with E-state index in [0.717, 1.165) is 12.2 Å². The molecule has 4 rings (SSSR count). The van der Waals surface area contributed by atoms with Crippen LogP contribution in [0.4, 0.5) is 0 Å². The van der Waals surface area contributed by atoms with Crippen molar-refractivity contribution in [1.82, 2.24) is 24.6 Å². The summed E-state index contributed by atoms with van der Waals surface area (Å²) in [4.78, 5) is 22.3. The van der Waals surface area contributed by atoms with Crippen LogP contribution in [-0.4, -0.2) is 49.9 Å². The Morgan fingerprint density at radius 2 is 2.08 bits per heavy atom. The summed E-state index contributed by atoms with van der Waals surface area (Å²) in [6.07, 6.45) is 1.75. The lowest BCUT2D eigenvalue weighted by molar-refractivity contribution is -0.0534. The summed E-state index contributed by atoms with van der Waals surface area (Å²) in [5.41, 5.74) is 1.31. The van der Waals surface area contributed by atoms with Gasteiger partial charge in [-0.1, -0.05) is 18.2 Å². The van der Waals surface area contributed by atoms with Gasteiger partial charge in [-0.2, -0.15) is 5.10 Å². The minimum Gasteiger partial charge on any atom is -0.376 e. The van der Waals surface area contributed by atoms with Crippen molar-refractivity contribution in [3.63, 3.8) is 0 Å². The number of rotatable bonds is 3. The number of aromatic nitrogens is 4. The molecule has 0 amide bonds. The Morgan fingerprint density at radius 3 is 2.88 bits per heavy atom. The van der Waals surface area contributed by atoms with E-state index < -0.39 is 0 Å². The van der Waals surface area contributed by atoms with Crippen LogP contribution in [0.5, 0.6) is 0 Å². The van der Waals surface area contributed by atoms with E-state index in [-0.39, 0.29) is 17.7 Å². The minimum absolute atomic E-state index is 0.156. The van der Waals surface area contributed by atoms with Crippen molar-refractivity contribution in [2.75, 3.05) is 13.2 Å². The maximum atomic E-state index is 12.4. The average Bonchev–Trinajstić information content (AvgIpc) is 3.03. The monoisotopic (exact) mass is 339 g/mol. The fourth-order valence-corrected chi connectivity index (χ4v) is 3.18. The molecule has 25 heavy (non-hydrogen) atoms. The normalized spacial score (nSPS) is 21.7. The van der Waals surface area contributed by atoms with Gasteiger partial charge in [-0.05, 0) is 26.0 Å². The minimum atomic E-state index is -0.156. The molecular formula is C18H21N5O2. The van der Waals surface area contributed by atoms with Crippen LogP contribution in [0.3, 0.4) is 0 Å². The summed E-state index contributed by atoms with van der Waals surface area (Å²) >= 11 is 0. The molecule has 2 aromatic heterocycles. The van der Waals surface area contributed by atoms with Crippen molar-refractivity contribution in [1.29, 1.82) is 0 Å². The molecule has 7 heteroatoms. The zero-order valence-electron chi connectivity index (χ0n) is 14.3. The van der Waals surface area contributed by atoms with E-state index in [1.807, 2.05) is 30.3 Å². The molecule has 1 N–H and O–H groups in total. The molecule has 1 aliphatic rings. The lowest BCUT2D eigenvalue weighted by Gasteiger charge is -2.36. The highest BCUT2D eigenvalue weighted by atomic mass is 16.5. The summed E-state index contributed by atoms with van der Waals surface area (Å²) in [6, 6.07) is 10.0. The number of benzene rings is 1. The predicted molar refractivity (Wildman–Crippen MR) is 94.8 cm³/mol. The van der Waals surface area contributed by atoms with Gasteiger partial charge in [0.25, 0.3) is 5.56 Å². The summed E-state index contributed by atoms with van der Waals surface area (Å²) in [7, 11) is 0. The number of morpholine rings is 1. The fourth-order valence-electron chi connectivity index (χ4n) is 3.18. The molecule has 7 nitrogen and oxygen atoms in total. The van der Waals surface area contributed by atoms with Gasteiger partial charge in [-0.25, -0.2) is 9.67 Å². The number of hydrogen-bond donors (Lipinski definition) is 1. The number of fused-ring (bicyclic) bond motifs is 1. The molecular weight excluding hydrogens is 318 g/mol. The smallest absolute Gasteiger partial charge is 0.262 e. The van der Waals surface area contributed by atoms with Gasteiger partial charge in [-0.3, -0.25) is 9.69 Å². The number of nitrogens with one attached hydrogen (secondary N) is 1. The lowest BCUT2D eigenvalue weighted by atomic mass is 10.2. The van der Waals surface area contributed by atoms with E-state index in [1.165, 1.54) is 0 Å². The number of aromatic amines is 1. The van der Waals surface area contributed by atoms with Gasteiger partial charge in [-0.15, -0.1) is 0 Å². The molecule has 3 aromatic rings. The Kier molecular flexibility index (Phi) is 4.10. The Hall–Kier alpha value is -2.51. The first kappa shape index (κ1) is 16.0. The van der Waals surface area contributed by atoms with Crippen LogP contribution in [0.1, 0.15) is 19.7 Å². The third-order valence-electron chi connectivity index (χ3n) is 4.58. The Bertz CT molecular complexity index is 934. The van der Waals surface area contributed by atoms with Gasteiger partial charge in [0.05, 0.1) is 31.1 Å². The summed E-state index contributed by atoms with van der Waals surface area (Å²) in [6.45, 7) is 6.27. The fraction of sp³-hybridized carbons (Fsp3) is 0.389. The number of H-pyrrole nitrogens is 1. The van der Waals surface area contributed by atoms with E-state index in [9.17, 15) is 4.79 Å². The molecule has 1 aliphatic heterocycles. The predicted octanol–water partition coefficient (Wildman–Crippen LogP) is 1.72. The zero-order chi connectivity index (χ0) is 17.4. The van der Waals surface area contributed by atoms with Crippen LogP contribution in [0.2, 0.25) is 0 Å². The van der Waals surface area contributed by atoms with Crippen molar-refractivity contribution in [2.24, 2.45) is 0 Å². The highest BCUT2D eigenvalue weighted by molar-refractivity contribution is 5.75. The van der Waals surface area contributed by atoms with Gasteiger partial charge < -0.3 is 9.72 Å². The number of para-hydroxylation sites is 1. The molecule has 0 radical (unpaired) electrons. The van der Waals surface area contributed by atoms with Crippen LogP contribution < -0.4 is 5.56 Å². The second kappa shape index (κ2) is 6.42. The van der Waals surface area contributed by atoms with Gasteiger partial charge in [0.15, 0.2) is 5.65 Å². The summed E-state index contributed by atoms with van der Waals surface area (Å²) < 4.78 is 7.38. The highest BCUT2D eigenvalue weighted by Crippen LogP contribution is 2.16. The quantitative estimate of drug-likeness (QED) is 0.786. The highest BCUT2D eigenvalue weighted by Gasteiger charge is 2.24. The van der Waals surface area contributed by atoms with Crippen LogP contribution in [0, 0.1) is 0 Å². The average molecular weight is 339 g/mol. The maximum absolute atomic E-state index is 12.4. The van der Waals surface area contributed by atoms with Gasteiger partial charge >= 0.3 is 0 Å². The number of ether oxygens (including phenoxy) is 1. The molecule has 130 valence electrons. The van der Waals surface area contributed by atoms with E-state index in [4.69, 9.17) is 4.74 Å². The molecule has 0 aliphatic carbocycles. The van der Waals surface area contributed by atoms with Crippen LogP contribution in [0.25, 0.3) is 16.7 Å². The molecule has 1 aromatic carbocycles. The Morgan fingerprint density at radius 1 is 1.28 bits per heavy atom. The topological polar surface area (TPSA) is 76.0 Å². The van der Waals surface area contributed by atoms with Crippen molar-refractivity contribution in [3.05, 3.63) is 52.7 Å². The van der Waals surface area contributed by atoms with Crippen LogP contribution in [-0.2, 0) is 11.3 Å². The SMILES string of the molecule is C[C@@H]1CN(Cc2nc3c(cnn3-c3ccccc3)c(=O)[nH]2)[C@H](C)CO1. The third-order valence-corrected chi connectivity index (χ3v) is 4.58. The standard InChI is InChI=1S/C18H21N5O2/c1-12-11-25-13(2)9-22(12)10-16-20-17-15(18(24)21-16)8-19-23(17)14-6-4-3-5-7-14/h3-8,12-13H,9-11H2,1-2H3,(H,20,21,24)/t12-,13-/m1/s1. The number of nitrogens with zero attached hydrogens (tertiary/aromatic N) is 4. The first-order valence-electron chi connectivity index (χ1n) is 8.50. The molecule has 3 heterocycles. The van der Waals surface area contributed by atoms with E-state index >= 15 is 0 Å². The maximum Gasteiger partial charge on any atom is 0.262 e. The van der Waals surface area contributed by atoms with Crippen molar-refractivity contribution in [3.8, 4) is 5.69 Å². The van der Waals surface area contributed by atoms with Gasteiger partial charge in [0.2, 0.25) is 0 Å². The van der Waals surface area contributed by atoms with Gasteiger partial charge in [0.1, 0.15) is 11.2 Å². The molecule has 0 bridgehead atoms. The molecule has 0 saturated carbocycles. The van der Waals surface area contributed by atoms with Crippen LogP contribution >= 0.6 is 0 Å². The van der Waals surface area contributed by atoms with E-state index in [0.29, 0.717) is 30.0 Å². The second-order valence-electron chi connectivity index (χ2n) is 6.56. The molecule has 1 saturated heterocycles. The molecule has 2 atom stereocenters. The van der Waals surface area contributed by atoms with Crippen LogP contribution in [0.15, 0.2) is 41.3 Å². The molecule has 1 fully saturated rings. The van der Waals surface area contributed by atoms with E-state index in [1.54, 1.807) is 10.9 Å². The molecule has 0 spiro atoms. The third kappa shape index (κ3) is 3.08.